The average molecular weight is 264 g/mol. The molecule has 0 fully saturated rings. The fourth-order valence-electron chi connectivity index (χ4n) is 1.67. The van der Waals surface area contributed by atoms with Crippen LogP contribution in [-0.4, -0.2) is 5.91 Å². The summed E-state index contributed by atoms with van der Waals surface area (Å²) < 4.78 is 5.18. The molecule has 1 aromatic carbocycles. The molecule has 18 heavy (non-hydrogen) atoms. The molecule has 1 N–H and O–H groups in total. The smallest absolute Gasteiger partial charge is 0.224 e. The highest BCUT2D eigenvalue weighted by Crippen LogP contribution is 2.19. The first-order valence-electron chi connectivity index (χ1n) is 5.73. The lowest BCUT2D eigenvalue weighted by Crippen LogP contribution is -2.13. The van der Waals surface area contributed by atoms with Crippen LogP contribution in [-0.2, 0) is 11.2 Å². The second-order valence-electron chi connectivity index (χ2n) is 4.09. The number of benzene rings is 1. The molecular formula is C14H14ClNO2. The first-order valence-corrected chi connectivity index (χ1v) is 6.11. The summed E-state index contributed by atoms with van der Waals surface area (Å²) in [6.45, 7) is 1.91. The third-order valence-corrected chi connectivity index (χ3v) is 2.88. The highest BCUT2D eigenvalue weighted by Gasteiger charge is 2.06. The van der Waals surface area contributed by atoms with E-state index in [1.165, 1.54) is 0 Å². The normalized spacial score (nSPS) is 10.3. The number of furan rings is 1. The molecule has 3 nitrogen and oxygen atoms in total. The molecule has 2 rings (SSSR count). The third kappa shape index (κ3) is 3.37. The molecule has 0 saturated heterocycles. The van der Waals surface area contributed by atoms with Gasteiger partial charge >= 0.3 is 0 Å². The van der Waals surface area contributed by atoms with E-state index in [0.29, 0.717) is 17.9 Å². The molecule has 94 valence electrons. The first kappa shape index (κ1) is 12.7. The van der Waals surface area contributed by atoms with E-state index in [9.17, 15) is 4.79 Å². The Bertz CT molecular complexity index is 535. The molecule has 1 amide bonds. The van der Waals surface area contributed by atoms with Gasteiger partial charge in [-0.2, -0.15) is 0 Å². The van der Waals surface area contributed by atoms with Crippen LogP contribution in [0.5, 0.6) is 0 Å². The summed E-state index contributed by atoms with van der Waals surface area (Å²) in [6, 6.07) is 9.07. The lowest BCUT2D eigenvalue weighted by atomic mass is 10.2. The number of anilines is 1. The molecule has 0 radical (unpaired) electrons. The minimum Gasteiger partial charge on any atom is -0.469 e. The van der Waals surface area contributed by atoms with Gasteiger partial charge in [0, 0.05) is 23.6 Å². The molecule has 0 spiro atoms. The molecule has 0 aliphatic heterocycles. The fraction of sp³-hybridized carbons (Fsp3) is 0.214. The zero-order valence-electron chi connectivity index (χ0n) is 10.1. The average Bonchev–Trinajstić information content (AvgIpc) is 2.83. The van der Waals surface area contributed by atoms with Crippen molar-refractivity contribution in [2.24, 2.45) is 0 Å². The molecule has 0 aliphatic rings. The lowest BCUT2D eigenvalue weighted by molar-refractivity contribution is -0.116. The maximum Gasteiger partial charge on any atom is 0.224 e. The van der Waals surface area contributed by atoms with E-state index in [-0.39, 0.29) is 5.91 Å². The molecule has 0 saturated carbocycles. The number of halogens is 1. The van der Waals surface area contributed by atoms with Gasteiger partial charge in [0.1, 0.15) is 5.76 Å². The van der Waals surface area contributed by atoms with E-state index in [4.69, 9.17) is 16.0 Å². The summed E-state index contributed by atoms with van der Waals surface area (Å²) in [7, 11) is 0. The Hall–Kier alpha value is -1.74. The van der Waals surface area contributed by atoms with Gasteiger partial charge in [0.2, 0.25) is 5.91 Å². The quantitative estimate of drug-likeness (QED) is 0.911. The van der Waals surface area contributed by atoms with Crippen LogP contribution >= 0.6 is 11.6 Å². The highest BCUT2D eigenvalue weighted by molar-refractivity contribution is 6.30. The molecule has 2 aromatic rings. The van der Waals surface area contributed by atoms with Crippen molar-refractivity contribution in [2.75, 3.05) is 5.32 Å². The van der Waals surface area contributed by atoms with Crippen LogP contribution < -0.4 is 5.32 Å². The standard InChI is InChI=1S/C14H14ClNO2/c1-10-9-11(15)4-6-13(10)16-14(17)7-5-12-3-2-8-18-12/h2-4,6,8-9H,5,7H2,1H3,(H,16,17). The zero-order valence-corrected chi connectivity index (χ0v) is 10.8. The molecule has 1 heterocycles. The van der Waals surface area contributed by atoms with E-state index >= 15 is 0 Å². The van der Waals surface area contributed by atoms with E-state index in [0.717, 1.165) is 17.0 Å². The van der Waals surface area contributed by atoms with Gasteiger partial charge in [-0.25, -0.2) is 0 Å². The second-order valence-corrected chi connectivity index (χ2v) is 4.52. The summed E-state index contributed by atoms with van der Waals surface area (Å²) in [4.78, 5) is 11.8. The van der Waals surface area contributed by atoms with Gasteiger partial charge < -0.3 is 9.73 Å². The maximum absolute atomic E-state index is 11.8. The second kappa shape index (κ2) is 5.74. The topological polar surface area (TPSA) is 42.2 Å². The number of carbonyl (C=O) groups excluding carboxylic acids is 1. The van der Waals surface area contributed by atoms with Gasteiger partial charge in [0.15, 0.2) is 0 Å². The highest BCUT2D eigenvalue weighted by atomic mass is 35.5. The van der Waals surface area contributed by atoms with Crippen molar-refractivity contribution in [3.63, 3.8) is 0 Å². The van der Waals surface area contributed by atoms with Gasteiger partial charge in [-0.15, -0.1) is 0 Å². The van der Waals surface area contributed by atoms with Gasteiger partial charge in [0.05, 0.1) is 6.26 Å². The van der Waals surface area contributed by atoms with Crippen LogP contribution in [0.15, 0.2) is 41.0 Å². The van der Waals surface area contributed by atoms with E-state index < -0.39 is 0 Å². The number of rotatable bonds is 4. The SMILES string of the molecule is Cc1cc(Cl)ccc1NC(=O)CCc1ccco1. The third-order valence-electron chi connectivity index (χ3n) is 2.64. The van der Waals surface area contributed by atoms with Gasteiger partial charge in [-0.05, 0) is 42.8 Å². The summed E-state index contributed by atoms with van der Waals surface area (Å²) in [6.07, 6.45) is 2.61. The molecule has 0 bridgehead atoms. The van der Waals surface area contributed by atoms with Crippen LogP contribution in [0.25, 0.3) is 0 Å². The van der Waals surface area contributed by atoms with Gasteiger partial charge in [0.25, 0.3) is 0 Å². The van der Waals surface area contributed by atoms with Crippen molar-refractivity contribution < 1.29 is 9.21 Å². The Morgan fingerprint density at radius 2 is 2.22 bits per heavy atom. The molecule has 4 heteroatoms. The van der Waals surface area contributed by atoms with Crippen LogP contribution in [0.3, 0.4) is 0 Å². The Balaban J connectivity index is 1.91. The Morgan fingerprint density at radius 1 is 1.39 bits per heavy atom. The maximum atomic E-state index is 11.8. The molecular weight excluding hydrogens is 250 g/mol. The van der Waals surface area contributed by atoms with Crippen LogP contribution in [0.4, 0.5) is 5.69 Å². The summed E-state index contributed by atoms with van der Waals surface area (Å²) in [5.74, 6) is 0.787. The predicted octanol–water partition coefficient (Wildman–Crippen LogP) is 3.81. The Labute approximate surface area is 111 Å². The van der Waals surface area contributed by atoms with Gasteiger partial charge in [-0.3, -0.25) is 4.79 Å². The lowest BCUT2D eigenvalue weighted by Gasteiger charge is -2.08. The van der Waals surface area contributed by atoms with Crippen molar-refractivity contribution in [2.45, 2.75) is 19.8 Å². The summed E-state index contributed by atoms with van der Waals surface area (Å²) in [5.41, 5.74) is 1.75. The number of carbonyl (C=O) groups is 1. The monoisotopic (exact) mass is 263 g/mol. The van der Waals surface area contributed by atoms with Crippen LogP contribution in [0.2, 0.25) is 5.02 Å². The predicted molar refractivity (Wildman–Crippen MR) is 71.8 cm³/mol. The van der Waals surface area contributed by atoms with Crippen molar-refractivity contribution >= 4 is 23.2 Å². The van der Waals surface area contributed by atoms with E-state index in [1.807, 2.05) is 31.2 Å². The van der Waals surface area contributed by atoms with Crippen molar-refractivity contribution in [1.29, 1.82) is 0 Å². The first-order chi connectivity index (χ1) is 8.65. The van der Waals surface area contributed by atoms with Crippen molar-refractivity contribution in [3.8, 4) is 0 Å². The number of hydrogen-bond acceptors (Lipinski definition) is 2. The molecule has 1 aromatic heterocycles. The Morgan fingerprint density at radius 3 is 2.89 bits per heavy atom. The fourth-order valence-corrected chi connectivity index (χ4v) is 1.90. The Kier molecular flexibility index (Phi) is 4.05. The van der Waals surface area contributed by atoms with Gasteiger partial charge in [-0.1, -0.05) is 11.6 Å². The number of nitrogens with one attached hydrogen (secondary N) is 1. The number of aryl methyl sites for hydroxylation is 2. The zero-order chi connectivity index (χ0) is 13.0. The largest absolute Gasteiger partial charge is 0.469 e. The van der Waals surface area contributed by atoms with Crippen LogP contribution in [0.1, 0.15) is 17.7 Å². The minimum absolute atomic E-state index is 0.0307. The van der Waals surface area contributed by atoms with E-state index in [1.54, 1.807) is 12.3 Å². The molecule has 0 aliphatic carbocycles. The summed E-state index contributed by atoms with van der Waals surface area (Å²) in [5, 5.41) is 3.53. The van der Waals surface area contributed by atoms with Crippen LogP contribution in [0, 0.1) is 6.92 Å². The molecule has 0 unspecified atom stereocenters. The summed E-state index contributed by atoms with van der Waals surface area (Å²) >= 11 is 5.86. The molecule has 0 atom stereocenters. The van der Waals surface area contributed by atoms with Crippen molar-refractivity contribution in [1.82, 2.24) is 0 Å². The number of amides is 1. The van der Waals surface area contributed by atoms with E-state index in [2.05, 4.69) is 5.32 Å². The minimum atomic E-state index is -0.0307. The van der Waals surface area contributed by atoms with Crippen molar-refractivity contribution in [3.05, 3.63) is 52.9 Å². The number of hydrogen-bond donors (Lipinski definition) is 1.